The molecule has 6 rings (SSSR count). The molecule has 3 aromatic carbocycles. The first-order chi connectivity index (χ1) is 29.6. The van der Waals surface area contributed by atoms with Crippen molar-refractivity contribution >= 4 is 34.8 Å². The highest BCUT2D eigenvalue weighted by Crippen LogP contribution is 2.45. The van der Waals surface area contributed by atoms with E-state index in [2.05, 4.69) is 25.8 Å². The van der Waals surface area contributed by atoms with Crippen molar-refractivity contribution in [2.45, 2.75) is 65.1 Å². The number of ether oxygens (including phenoxy) is 3. The van der Waals surface area contributed by atoms with Crippen molar-refractivity contribution in [1.29, 1.82) is 0 Å². The van der Waals surface area contributed by atoms with Crippen LogP contribution >= 0.6 is 11.6 Å². The van der Waals surface area contributed by atoms with Gasteiger partial charge in [-0.05, 0) is 54.7 Å². The quantitative estimate of drug-likeness (QED) is 0.0521. The van der Waals surface area contributed by atoms with Gasteiger partial charge in [0.25, 0.3) is 5.91 Å². The summed E-state index contributed by atoms with van der Waals surface area (Å²) in [5, 5.41) is 74.5. The second-order valence-corrected chi connectivity index (χ2v) is 15.0. The highest BCUT2D eigenvalue weighted by Gasteiger charge is 2.29. The van der Waals surface area contributed by atoms with Gasteiger partial charge < -0.3 is 64.5 Å². The Morgan fingerprint density at radius 1 is 0.774 bits per heavy atom. The zero-order valence-corrected chi connectivity index (χ0v) is 35.9. The minimum absolute atomic E-state index is 0.00506. The monoisotopic (exact) mass is 881 g/mol. The number of phenols is 4. The van der Waals surface area contributed by atoms with Crippen molar-refractivity contribution in [2.24, 2.45) is 0 Å². The van der Waals surface area contributed by atoms with E-state index >= 15 is 0 Å². The minimum Gasteiger partial charge on any atom is -0.508 e. The molecular formula is C43H52ClN5O13. The molecule has 0 bridgehead atoms. The van der Waals surface area contributed by atoms with Crippen molar-refractivity contribution < 1.29 is 63.5 Å². The molecule has 2 unspecified atom stereocenters. The number of anilines is 2. The lowest BCUT2D eigenvalue weighted by atomic mass is 9.97. The summed E-state index contributed by atoms with van der Waals surface area (Å²) in [5.74, 6) is -0.786. The number of hydrogen-bond donors (Lipinski definition) is 8. The molecule has 1 aliphatic heterocycles. The Hall–Kier alpha value is -6.05. The number of hydrogen-bond acceptors (Lipinski definition) is 16. The fourth-order valence-corrected chi connectivity index (χ4v) is 6.64. The van der Waals surface area contributed by atoms with E-state index in [-0.39, 0.29) is 97.2 Å². The number of aliphatic hydroxyl groups excluding tert-OH is 2. The van der Waals surface area contributed by atoms with Crippen molar-refractivity contribution in [3.05, 3.63) is 70.0 Å². The Morgan fingerprint density at radius 2 is 1.32 bits per heavy atom. The Bertz CT molecular complexity index is 2340. The maximum Gasteiger partial charge on any atom is 0.255 e. The standard InChI is InChI=1S/C22H31N3O6.C21H21ClN2O7/c1-4-16(26)20-21(23-19(29)5-6-25-7-9-30-10-8-25)22(31-24-20)15-11-14(13(2)3)17(27)12-18(15)28;1-4-13(25)18-19(20(31-24-18)11-8-12(22)15(27)9-14(11)26)23-21(28)10-5-6-16(29-2)17(7-10)30-3/h11-13,16,26-28H,4-10H2,1-3H3,(H,23,29);5-9,13,25-27H,4H2,1-3H3,(H,23,28). The summed E-state index contributed by atoms with van der Waals surface area (Å²) in [6.45, 7) is 10.8. The number of rotatable bonds is 15. The van der Waals surface area contributed by atoms with Crippen molar-refractivity contribution in [1.82, 2.24) is 15.2 Å². The zero-order chi connectivity index (χ0) is 45.2. The first kappa shape index (κ1) is 47.0. The summed E-state index contributed by atoms with van der Waals surface area (Å²) in [6.07, 6.45) is -1.04. The Balaban J connectivity index is 0.000000234. The van der Waals surface area contributed by atoms with Crippen LogP contribution in [0.3, 0.4) is 0 Å². The predicted molar refractivity (Wildman–Crippen MR) is 228 cm³/mol. The van der Waals surface area contributed by atoms with E-state index in [0.29, 0.717) is 49.7 Å². The number of nitrogens with one attached hydrogen (secondary N) is 2. The molecule has 62 heavy (non-hydrogen) atoms. The molecule has 2 amide bonds. The number of aromatic nitrogens is 2. The van der Waals surface area contributed by atoms with Gasteiger partial charge in [0, 0.05) is 43.8 Å². The molecule has 18 nitrogen and oxygen atoms in total. The molecule has 1 saturated heterocycles. The number of halogens is 1. The molecule has 0 aliphatic carbocycles. The Kier molecular flexibility index (Phi) is 16.0. The molecular weight excluding hydrogens is 830 g/mol. The third kappa shape index (κ3) is 10.9. The maximum atomic E-state index is 12.9. The molecule has 5 aromatic rings. The third-order valence-corrected chi connectivity index (χ3v) is 10.4. The van der Waals surface area contributed by atoms with Crippen LogP contribution in [0.4, 0.5) is 11.4 Å². The fraction of sp³-hybridized carbons (Fsp3) is 0.395. The van der Waals surface area contributed by atoms with E-state index in [1.165, 1.54) is 38.5 Å². The number of methoxy groups -OCH3 is 2. The van der Waals surface area contributed by atoms with Crippen LogP contribution in [0.5, 0.6) is 34.5 Å². The van der Waals surface area contributed by atoms with Crippen LogP contribution in [0.1, 0.15) is 92.4 Å². The molecule has 0 saturated carbocycles. The first-order valence-electron chi connectivity index (χ1n) is 19.9. The lowest BCUT2D eigenvalue weighted by molar-refractivity contribution is -0.116. The summed E-state index contributed by atoms with van der Waals surface area (Å²) in [5.41, 5.74) is 1.80. The van der Waals surface area contributed by atoms with Gasteiger partial charge in [-0.25, -0.2) is 0 Å². The van der Waals surface area contributed by atoms with Crippen molar-refractivity contribution in [3.63, 3.8) is 0 Å². The summed E-state index contributed by atoms with van der Waals surface area (Å²) < 4.78 is 26.5. The SMILES string of the molecule is CCC(O)c1noc(-c2cc(C(C)C)c(O)cc2O)c1NC(=O)CCN1CCOCC1.CCC(O)c1noc(-c2cc(Cl)c(O)cc2O)c1NC(=O)c1ccc(OC)c(OC)c1. The van der Waals surface area contributed by atoms with E-state index in [9.17, 15) is 40.2 Å². The molecule has 1 fully saturated rings. The average molecular weight is 882 g/mol. The number of carbonyl (C=O) groups is 2. The van der Waals surface area contributed by atoms with Crippen LogP contribution in [0.2, 0.25) is 5.02 Å². The highest BCUT2D eigenvalue weighted by molar-refractivity contribution is 6.32. The van der Waals surface area contributed by atoms with E-state index in [0.717, 1.165) is 19.2 Å². The van der Waals surface area contributed by atoms with E-state index in [4.69, 9.17) is 34.9 Å². The first-order valence-corrected chi connectivity index (χ1v) is 20.3. The van der Waals surface area contributed by atoms with Gasteiger partial charge in [-0.15, -0.1) is 0 Å². The number of benzene rings is 3. The topological polar surface area (TPSA) is 263 Å². The van der Waals surface area contributed by atoms with Crippen LogP contribution in [-0.4, -0.2) is 105 Å². The molecule has 0 radical (unpaired) electrons. The summed E-state index contributed by atoms with van der Waals surface area (Å²) >= 11 is 5.96. The summed E-state index contributed by atoms with van der Waals surface area (Å²) in [4.78, 5) is 27.8. The number of carbonyl (C=O) groups excluding carboxylic acids is 2. The van der Waals surface area contributed by atoms with Crippen LogP contribution in [0.25, 0.3) is 22.6 Å². The minimum atomic E-state index is -1.03. The van der Waals surface area contributed by atoms with Gasteiger partial charge >= 0.3 is 0 Å². The molecule has 8 N–H and O–H groups in total. The van der Waals surface area contributed by atoms with Crippen molar-refractivity contribution in [2.75, 3.05) is 57.7 Å². The molecule has 3 heterocycles. The largest absolute Gasteiger partial charge is 0.508 e. The molecule has 0 spiro atoms. The Morgan fingerprint density at radius 3 is 1.87 bits per heavy atom. The van der Waals surface area contributed by atoms with Gasteiger partial charge in [0.2, 0.25) is 5.91 Å². The van der Waals surface area contributed by atoms with E-state index in [1.807, 2.05) is 13.8 Å². The number of nitrogens with zero attached hydrogens (tertiary/aromatic N) is 3. The van der Waals surface area contributed by atoms with Crippen LogP contribution in [0.15, 0.2) is 51.5 Å². The summed E-state index contributed by atoms with van der Waals surface area (Å²) in [6, 6.07) is 9.77. The lowest BCUT2D eigenvalue weighted by Crippen LogP contribution is -2.38. The summed E-state index contributed by atoms with van der Waals surface area (Å²) in [7, 11) is 2.93. The van der Waals surface area contributed by atoms with Crippen molar-refractivity contribution in [3.8, 4) is 57.1 Å². The van der Waals surface area contributed by atoms with Gasteiger partial charge in [-0.3, -0.25) is 14.5 Å². The molecule has 334 valence electrons. The van der Waals surface area contributed by atoms with E-state index in [1.54, 1.807) is 26.0 Å². The van der Waals surface area contributed by atoms with Gasteiger partial charge in [0.15, 0.2) is 23.0 Å². The normalized spacial score (nSPS) is 13.8. The zero-order valence-electron chi connectivity index (χ0n) is 35.2. The van der Waals surface area contributed by atoms with E-state index < -0.39 is 18.1 Å². The second kappa shape index (κ2) is 21.2. The molecule has 19 heteroatoms. The molecule has 1 aliphatic rings. The Labute approximate surface area is 362 Å². The van der Waals surface area contributed by atoms with Crippen LogP contribution in [-0.2, 0) is 9.53 Å². The van der Waals surface area contributed by atoms with Gasteiger partial charge in [-0.2, -0.15) is 0 Å². The number of aliphatic hydroxyl groups is 2. The van der Waals surface area contributed by atoms with Gasteiger partial charge in [-0.1, -0.05) is 49.6 Å². The fourth-order valence-electron chi connectivity index (χ4n) is 6.48. The third-order valence-electron chi connectivity index (χ3n) is 10.1. The molecule has 2 aromatic heterocycles. The predicted octanol–water partition coefficient (Wildman–Crippen LogP) is 7.10. The number of amides is 2. The average Bonchev–Trinajstić information content (AvgIpc) is 3.87. The molecule has 2 atom stereocenters. The number of phenolic OH excluding ortho intramolecular Hbond substituents is 4. The highest BCUT2D eigenvalue weighted by atomic mass is 35.5. The maximum absolute atomic E-state index is 12.9. The second-order valence-electron chi connectivity index (χ2n) is 14.6. The number of aromatic hydroxyl groups is 4. The number of morpholine rings is 1. The van der Waals surface area contributed by atoms with Crippen LogP contribution in [0, 0.1) is 0 Å². The smallest absolute Gasteiger partial charge is 0.255 e. The van der Waals surface area contributed by atoms with Gasteiger partial charge in [0.1, 0.15) is 58.0 Å². The lowest BCUT2D eigenvalue weighted by Gasteiger charge is -2.26. The van der Waals surface area contributed by atoms with Gasteiger partial charge in [0.05, 0.1) is 43.6 Å². The van der Waals surface area contributed by atoms with Crippen LogP contribution < -0.4 is 20.1 Å².